The van der Waals surface area contributed by atoms with E-state index in [4.69, 9.17) is 33.7 Å². The number of phenols is 1. The number of nitrogens with one attached hydrogen (secondary N) is 1. The molecular formula is C22H24N2O8. The fraction of sp³-hybridized carbons (Fsp3) is 0.318. The van der Waals surface area contributed by atoms with Gasteiger partial charge >= 0.3 is 11.9 Å². The van der Waals surface area contributed by atoms with Gasteiger partial charge in [0.15, 0.2) is 12.0 Å². The number of benzene rings is 2. The Hall–Kier alpha value is -3.79. The molecule has 0 radical (unpaired) electrons. The minimum absolute atomic E-state index is 0.139. The van der Waals surface area contributed by atoms with Crippen molar-refractivity contribution in [3.8, 4) is 17.2 Å². The number of rotatable bonds is 7. The molecule has 1 atom stereocenters. The van der Waals surface area contributed by atoms with Gasteiger partial charge in [0.05, 0.1) is 6.61 Å². The van der Waals surface area contributed by atoms with E-state index in [1.165, 1.54) is 6.39 Å². The summed E-state index contributed by atoms with van der Waals surface area (Å²) in [4.78, 5) is 22.3. The highest BCUT2D eigenvalue weighted by molar-refractivity contribution is 6.27. The number of aromatic hydroxyl groups is 1. The number of aromatic nitrogens is 1. The Balaban J connectivity index is 0.000000427. The van der Waals surface area contributed by atoms with Crippen molar-refractivity contribution in [1.29, 1.82) is 0 Å². The van der Waals surface area contributed by atoms with Gasteiger partial charge in [0, 0.05) is 18.7 Å². The SMILES string of the molecule is O=C(O)C(=O)O.Oc1ccc2c(c1)OC(CNCCCOc1ccc3ocnc3c1)CC2. The minimum Gasteiger partial charge on any atom is -0.508 e. The first-order valence-electron chi connectivity index (χ1n) is 10.0. The number of carboxylic acids is 2. The number of aliphatic carboxylic acids is 2. The van der Waals surface area contributed by atoms with Gasteiger partial charge in [0.25, 0.3) is 0 Å². The maximum absolute atomic E-state index is 9.57. The van der Waals surface area contributed by atoms with Crippen LogP contribution in [0.25, 0.3) is 11.1 Å². The van der Waals surface area contributed by atoms with Crippen molar-refractivity contribution in [2.75, 3.05) is 19.7 Å². The van der Waals surface area contributed by atoms with Crippen molar-refractivity contribution in [2.45, 2.75) is 25.4 Å². The van der Waals surface area contributed by atoms with E-state index in [1.54, 1.807) is 12.1 Å². The van der Waals surface area contributed by atoms with Gasteiger partial charge < -0.3 is 34.5 Å². The smallest absolute Gasteiger partial charge is 0.414 e. The summed E-state index contributed by atoms with van der Waals surface area (Å²) in [5, 5.41) is 27.8. The number of aryl methyl sites for hydroxylation is 1. The number of hydrogen-bond acceptors (Lipinski definition) is 8. The zero-order chi connectivity index (χ0) is 22.9. The van der Waals surface area contributed by atoms with E-state index in [0.29, 0.717) is 6.61 Å². The van der Waals surface area contributed by atoms with Gasteiger partial charge in [0.1, 0.15) is 28.9 Å². The topological polar surface area (TPSA) is 151 Å². The monoisotopic (exact) mass is 444 g/mol. The number of ether oxygens (including phenoxy) is 2. The summed E-state index contributed by atoms with van der Waals surface area (Å²) in [5.74, 6) is -1.80. The summed E-state index contributed by atoms with van der Waals surface area (Å²) in [6, 6.07) is 11.0. The van der Waals surface area contributed by atoms with Crippen LogP contribution in [0.5, 0.6) is 17.2 Å². The van der Waals surface area contributed by atoms with Gasteiger partial charge in [-0.2, -0.15) is 0 Å². The Morgan fingerprint density at radius 1 is 1.16 bits per heavy atom. The number of carboxylic acid groups (broad SMARTS) is 2. The Kier molecular flexibility index (Phi) is 7.87. The molecule has 3 aromatic rings. The van der Waals surface area contributed by atoms with Crippen molar-refractivity contribution in [1.82, 2.24) is 10.3 Å². The molecule has 0 aliphatic carbocycles. The molecule has 1 aromatic heterocycles. The van der Waals surface area contributed by atoms with Crippen LogP contribution >= 0.6 is 0 Å². The quantitative estimate of drug-likeness (QED) is 0.316. The molecule has 0 fully saturated rings. The minimum atomic E-state index is -1.82. The molecule has 4 rings (SSSR count). The molecule has 1 unspecified atom stereocenters. The third kappa shape index (κ3) is 6.61. The molecule has 4 N–H and O–H groups in total. The molecule has 2 heterocycles. The predicted octanol–water partition coefficient (Wildman–Crippen LogP) is 2.44. The molecule has 0 saturated heterocycles. The van der Waals surface area contributed by atoms with Crippen molar-refractivity contribution in [3.05, 3.63) is 48.4 Å². The fourth-order valence-corrected chi connectivity index (χ4v) is 3.14. The Labute approximate surface area is 183 Å². The van der Waals surface area contributed by atoms with Crippen LogP contribution in [0.3, 0.4) is 0 Å². The Morgan fingerprint density at radius 3 is 2.75 bits per heavy atom. The average molecular weight is 444 g/mol. The fourth-order valence-electron chi connectivity index (χ4n) is 3.14. The third-order valence-corrected chi connectivity index (χ3v) is 4.70. The first kappa shape index (κ1) is 22.9. The highest BCUT2D eigenvalue weighted by atomic mass is 16.5. The molecule has 2 aromatic carbocycles. The molecule has 1 aliphatic rings. The molecule has 0 bridgehead atoms. The van der Waals surface area contributed by atoms with Crippen molar-refractivity contribution >= 4 is 23.0 Å². The van der Waals surface area contributed by atoms with Gasteiger partial charge in [-0.1, -0.05) is 6.07 Å². The zero-order valence-electron chi connectivity index (χ0n) is 17.2. The summed E-state index contributed by atoms with van der Waals surface area (Å²) in [5.41, 5.74) is 2.74. The van der Waals surface area contributed by atoms with Crippen LogP contribution in [-0.2, 0) is 16.0 Å². The van der Waals surface area contributed by atoms with Gasteiger partial charge in [-0.05, 0) is 49.6 Å². The molecule has 32 heavy (non-hydrogen) atoms. The summed E-state index contributed by atoms with van der Waals surface area (Å²) in [6.45, 7) is 2.29. The first-order chi connectivity index (χ1) is 15.4. The van der Waals surface area contributed by atoms with E-state index in [0.717, 1.165) is 60.5 Å². The van der Waals surface area contributed by atoms with Crippen molar-refractivity contribution in [2.24, 2.45) is 0 Å². The van der Waals surface area contributed by atoms with E-state index in [9.17, 15) is 5.11 Å². The number of hydrogen-bond donors (Lipinski definition) is 4. The summed E-state index contributed by atoms with van der Waals surface area (Å²) in [7, 11) is 0. The number of oxazole rings is 1. The largest absolute Gasteiger partial charge is 0.508 e. The Morgan fingerprint density at radius 2 is 1.97 bits per heavy atom. The number of fused-ring (bicyclic) bond motifs is 2. The highest BCUT2D eigenvalue weighted by Crippen LogP contribution is 2.30. The number of nitrogens with zero attached hydrogens (tertiary/aromatic N) is 1. The predicted molar refractivity (Wildman–Crippen MR) is 113 cm³/mol. The molecule has 0 amide bonds. The average Bonchev–Trinajstić information content (AvgIpc) is 3.24. The van der Waals surface area contributed by atoms with Crippen molar-refractivity contribution in [3.63, 3.8) is 0 Å². The maximum atomic E-state index is 9.57. The van der Waals surface area contributed by atoms with Gasteiger partial charge in [-0.3, -0.25) is 0 Å². The lowest BCUT2D eigenvalue weighted by Gasteiger charge is -2.26. The molecule has 0 spiro atoms. The van der Waals surface area contributed by atoms with Crippen LogP contribution in [0.2, 0.25) is 0 Å². The van der Waals surface area contributed by atoms with Crippen molar-refractivity contribution < 1.29 is 38.8 Å². The van der Waals surface area contributed by atoms with Crippen LogP contribution in [0.15, 0.2) is 47.2 Å². The van der Waals surface area contributed by atoms with E-state index >= 15 is 0 Å². The third-order valence-electron chi connectivity index (χ3n) is 4.70. The lowest BCUT2D eigenvalue weighted by Crippen LogP contribution is -2.34. The normalized spacial score (nSPS) is 14.6. The van der Waals surface area contributed by atoms with Crippen LogP contribution < -0.4 is 14.8 Å². The van der Waals surface area contributed by atoms with Gasteiger partial charge in [-0.25, -0.2) is 14.6 Å². The van der Waals surface area contributed by atoms with Crippen LogP contribution in [0.4, 0.5) is 0 Å². The molecule has 10 heteroatoms. The lowest BCUT2D eigenvalue weighted by molar-refractivity contribution is -0.159. The Bertz CT molecular complexity index is 1050. The summed E-state index contributed by atoms with van der Waals surface area (Å²) < 4.78 is 16.9. The van der Waals surface area contributed by atoms with Gasteiger partial charge in [-0.15, -0.1) is 0 Å². The standard InChI is InChI=1S/C20H22N2O4.C2H2O4/c23-15-4-2-14-3-5-17(26-20(14)10-15)12-21-8-1-9-24-16-6-7-19-18(11-16)22-13-25-19;3-1(4)2(5)6/h2,4,6-7,10-11,13,17,21,23H,1,3,5,8-9,12H2;(H,3,4)(H,5,6). The second-order valence-corrected chi connectivity index (χ2v) is 7.07. The zero-order valence-corrected chi connectivity index (χ0v) is 17.2. The van der Waals surface area contributed by atoms with Gasteiger partial charge in [0.2, 0.25) is 0 Å². The number of carbonyl (C=O) groups is 2. The maximum Gasteiger partial charge on any atom is 0.414 e. The van der Waals surface area contributed by atoms with Crippen LogP contribution in [-0.4, -0.2) is 58.0 Å². The molecule has 1 aliphatic heterocycles. The second-order valence-electron chi connectivity index (χ2n) is 7.07. The van der Waals surface area contributed by atoms with E-state index in [1.807, 2.05) is 24.3 Å². The lowest BCUT2D eigenvalue weighted by atomic mass is 10.0. The van der Waals surface area contributed by atoms with Crippen LogP contribution in [0.1, 0.15) is 18.4 Å². The summed E-state index contributed by atoms with van der Waals surface area (Å²) in [6.07, 6.45) is 4.45. The molecular weight excluding hydrogens is 420 g/mol. The molecule has 170 valence electrons. The van der Waals surface area contributed by atoms with E-state index in [2.05, 4.69) is 10.3 Å². The molecule has 0 saturated carbocycles. The van der Waals surface area contributed by atoms with E-state index < -0.39 is 11.9 Å². The van der Waals surface area contributed by atoms with Crippen LogP contribution in [0, 0.1) is 0 Å². The summed E-state index contributed by atoms with van der Waals surface area (Å²) >= 11 is 0. The molecule has 10 nitrogen and oxygen atoms in total. The highest BCUT2D eigenvalue weighted by Gasteiger charge is 2.19. The first-order valence-corrected chi connectivity index (χ1v) is 10.0. The number of phenolic OH excluding ortho intramolecular Hbond substituents is 1. The second kappa shape index (κ2) is 11.0. The van der Waals surface area contributed by atoms with E-state index in [-0.39, 0.29) is 11.9 Å².